The molecule has 0 aromatic heterocycles. The molecule has 1 N–H and O–H groups in total. The van der Waals surface area contributed by atoms with Gasteiger partial charge in [-0.3, -0.25) is 4.79 Å². The smallest absolute Gasteiger partial charge is 0.255 e. The molecular formula is C16H17NOS. The molecule has 0 radical (unpaired) electrons. The third kappa shape index (κ3) is 4.14. The lowest BCUT2D eigenvalue weighted by Gasteiger charge is -2.08. The number of amides is 1. The van der Waals surface area contributed by atoms with Gasteiger partial charge in [-0.1, -0.05) is 32.0 Å². The van der Waals surface area contributed by atoms with Crippen molar-refractivity contribution < 1.29 is 4.79 Å². The van der Waals surface area contributed by atoms with Crippen LogP contribution in [0.4, 0.5) is 5.69 Å². The molecule has 2 aromatic rings. The summed E-state index contributed by atoms with van der Waals surface area (Å²) in [5.74, 6) is -0.0788. The monoisotopic (exact) mass is 271 g/mol. The van der Waals surface area contributed by atoms with Gasteiger partial charge in [-0.2, -0.15) is 0 Å². The van der Waals surface area contributed by atoms with Crippen molar-refractivity contribution in [3.05, 3.63) is 60.2 Å². The second kappa shape index (κ2) is 6.43. The Hall–Kier alpha value is -1.74. The molecule has 0 spiro atoms. The fraction of sp³-hybridized carbons (Fsp3) is 0.188. The minimum absolute atomic E-state index is 0.0788. The Morgan fingerprint density at radius 2 is 1.63 bits per heavy atom. The molecule has 0 saturated heterocycles. The quantitative estimate of drug-likeness (QED) is 0.833. The van der Waals surface area contributed by atoms with E-state index in [0.29, 0.717) is 10.8 Å². The fourth-order valence-electron chi connectivity index (χ4n) is 1.68. The van der Waals surface area contributed by atoms with E-state index in [1.807, 2.05) is 54.2 Å². The molecule has 1 amide bonds. The number of rotatable bonds is 4. The van der Waals surface area contributed by atoms with Crippen LogP contribution in [0, 0.1) is 0 Å². The maximum absolute atomic E-state index is 12.0. The average Bonchev–Trinajstić information content (AvgIpc) is 2.41. The predicted molar refractivity (Wildman–Crippen MR) is 81.8 cm³/mol. The molecule has 0 fully saturated rings. The maximum atomic E-state index is 12.0. The van der Waals surface area contributed by atoms with Crippen LogP contribution in [0.25, 0.3) is 0 Å². The highest BCUT2D eigenvalue weighted by Gasteiger charge is 2.05. The van der Waals surface area contributed by atoms with E-state index in [2.05, 4.69) is 19.2 Å². The van der Waals surface area contributed by atoms with E-state index in [1.165, 1.54) is 4.90 Å². The van der Waals surface area contributed by atoms with E-state index in [-0.39, 0.29) is 5.91 Å². The molecule has 3 heteroatoms. The summed E-state index contributed by atoms with van der Waals surface area (Å²) in [5, 5.41) is 3.45. The van der Waals surface area contributed by atoms with Crippen LogP contribution in [0.5, 0.6) is 0 Å². The minimum atomic E-state index is -0.0788. The standard InChI is InChI=1S/C16H17NOS/c1-12(2)19-15-10-8-14(9-11-15)17-16(18)13-6-4-3-5-7-13/h3-12H,1-2H3,(H,17,18). The van der Waals surface area contributed by atoms with Gasteiger partial charge in [-0.05, 0) is 36.4 Å². The number of thioether (sulfide) groups is 1. The number of hydrogen-bond acceptors (Lipinski definition) is 2. The van der Waals surface area contributed by atoms with Crippen molar-refractivity contribution in [2.24, 2.45) is 0 Å². The summed E-state index contributed by atoms with van der Waals surface area (Å²) in [6.07, 6.45) is 0. The van der Waals surface area contributed by atoms with Gasteiger partial charge in [0.15, 0.2) is 0 Å². The highest BCUT2D eigenvalue weighted by molar-refractivity contribution is 7.99. The van der Waals surface area contributed by atoms with Crippen LogP contribution < -0.4 is 5.32 Å². The van der Waals surface area contributed by atoms with Crippen molar-refractivity contribution >= 4 is 23.4 Å². The first kappa shape index (κ1) is 13.7. The summed E-state index contributed by atoms with van der Waals surface area (Å²) >= 11 is 1.81. The Morgan fingerprint density at radius 3 is 2.21 bits per heavy atom. The molecule has 0 heterocycles. The maximum Gasteiger partial charge on any atom is 0.255 e. The van der Waals surface area contributed by atoms with Gasteiger partial charge in [0.1, 0.15) is 0 Å². The third-order valence-electron chi connectivity index (χ3n) is 2.52. The molecule has 0 aliphatic rings. The Balaban J connectivity index is 2.02. The van der Waals surface area contributed by atoms with Gasteiger partial charge in [-0.15, -0.1) is 11.8 Å². The summed E-state index contributed by atoms with van der Waals surface area (Å²) < 4.78 is 0. The Kier molecular flexibility index (Phi) is 4.63. The van der Waals surface area contributed by atoms with Crippen LogP contribution in [0.15, 0.2) is 59.5 Å². The van der Waals surface area contributed by atoms with Gasteiger partial charge in [0, 0.05) is 21.4 Å². The molecule has 0 atom stereocenters. The first-order valence-corrected chi connectivity index (χ1v) is 7.16. The second-order valence-corrected chi connectivity index (χ2v) is 6.16. The van der Waals surface area contributed by atoms with Gasteiger partial charge >= 0.3 is 0 Å². The summed E-state index contributed by atoms with van der Waals surface area (Å²) in [7, 11) is 0. The number of carbonyl (C=O) groups excluding carboxylic acids is 1. The van der Waals surface area contributed by atoms with E-state index >= 15 is 0 Å². The average molecular weight is 271 g/mol. The Morgan fingerprint density at radius 1 is 1.00 bits per heavy atom. The van der Waals surface area contributed by atoms with Crippen molar-refractivity contribution in [3.63, 3.8) is 0 Å². The first-order valence-electron chi connectivity index (χ1n) is 6.28. The Labute approximate surface area is 118 Å². The molecule has 0 aliphatic heterocycles. The summed E-state index contributed by atoms with van der Waals surface area (Å²) in [4.78, 5) is 13.2. The largest absolute Gasteiger partial charge is 0.322 e. The van der Waals surface area contributed by atoms with Crippen LogP contribution in [0.2, 0.25) is 0 Å². The minimum Gasteiger partial charge on any atom is -0.322 e. The van der Waals surface area contributed by atoms with Crippen molar-refractivity contribution in [3.8, 4) is 0 Å². The normalized spacial score (nSPS) is 10.5. The van der Waals surface area contributed by atoms with Crippen LogP contribution in [0.3, 0.4) is 0 Å². The molecule has 0 saturated carbocycles. The first-order chi connectivity index (χ1) is 9.15. The van der Waals surface area contributed by atoms with Crippen LogP contribution in [-0.2, 0) is 0 Å². The molecule has 0 aliphatic carbocycles. The number of hydrogen-bond donors (Lipinski definition) is 1. The third-order valence-corrected chi connectivity index (χ3v) is 3.54. The van der Waals surface area contributed by atoms with Gasteiger partial charge in [0.2, 0.25) is 0 Å². The molecule has 98 valence electrons. The van der Waals surface area contributed by atoms with Gasteiger partial charge < -0.3 is 5.32 Å². The summed E-state index contributed by atoms with van der Waals surface area (Å²) in [5.41, 5.74) is 1.49. The molecule has 2 aromatic carbocycles. The molecular weight excluding hydrogens is 254 g/mol. The van der Waals surface area contributed by atoms with E-state index in [9.17, 15) is 4.79 Å². The lowest BCUT2D eigenvalue weighted by Crippen LogP contribution is -2.11. The van der Waals surface area contributed by atoms with E-state index in [0.717, 1.165) is 5.69 Å². The number of anilines is 1. The van der Waals surface area contributed by atoms with Gasteiger partial charge in [-0.25, -0.2) is 0 Å². The van der Waals surface area contributed by atoms with Crippen LogP contribution in [0.1, 0.15) is 24.2 Å². The lowest BCUT2D eigenvalue weighted by molar-refractivity contribution is 0.102. The summed E-state index contributed by atoms with van der Waals surface area (Å²) in [6, 6.07) is 17.2. The van der Waals surface area contributed by atoms with E-state index in [1.54, 1.807) is 12.1 Å². The second-order valence-electron chi connectivity index (χ2n) is 4.51. The van der Waals surface area contributed by atoms with Crippen LogP contribution in [-0.4, -0.2) is 11.2 Å². The molecule has 0 bridgehead atoms. The summed E-state index contributed by atoms with van der Waals surface area (Å²) in [6.45, 7) is 4.32. The highest BCUT2D eigenvalue weighted by atomic mass is 32.2. The Bertz CT molecular complexity index is 534. The molecule has 2 rings (SSSR count). The van der Waals surface area contributed by atoms with Gasteiger partial charge in [0.25, 0.3) is 5.91 Å². The lowest BCUT2D eigenvalue weighted by atomic mass is 10.2. The predicted octanol–water partition coefficient (Wildman–Crippen LogP) is 4.44. The SMILES string of the molecule is CC(C)Sc1ccc(NC(=O)c2ccccc2)cc1. The van der Waals surface area contributed by atoms with Crippen molar-refractivity contribution in [2.75, 3.05) is 5.32 Å². The molecule has 19 heavy (non-hydrogen) atoms. The zero-order chi connectivity index (χ0) is 13.7. The number of benzene rings is 2. The molecule has 0 unspecified atom stereocenters. The van der Waals surface area contributed by atoms with Crippen molar-refractivity contribution in [1.82, 2.24) is 0 Å². The zero-order valence-electron chi connectivity index (χ0n) is 11.1. The number of nitrogens with one attached hydrogen (secondary N) is 1. The fourth-order valence-corrected chi connectivity index (χ4v) is 2.52. The van der Waals surface area contributed by atoms with Gasteiger partial charge in [0.05, 0.1) is 0 Å². The van der Waals surface area contributed by atoms with E-state index < -0.39 is 0 Å². The molecule has 2 nitrogen and oxygen atoms in total. The number of carbonyl (C=O) groups is 1. The highest BCUT2D eigenvalue weighted by Crippen LogP contribution is 2.24. The van der Waals surface area contributed by atoms with E-state index in [4.69, 9.17) is 0 Å². The van der Waals surface area contributed by atoms with Crippen molar-refractivity contribution in [2.45, 2.75) is 24.0 Å². The zero-order valence-corrected chi connectivity index (χ0v) is 11.9. The van der Waals surface area contributed by atoms with Crippen molar-refractivity contribution in [1.29, 1.82) is 0 Å². The topological polar surface area (TPSA) is 29.1 Å². The van der Waals surface area contributed by atoms with Crippen LogP contribution >= 0.6 is 11.8 Å².